The first-order valence-corrected chi connectivity index (χ1v) is 9.48. The molecule has 0 saturated carbocycles. The number of thioether (sulfide) groups is 1. The molecule has 2 rings (SSSR count). The molecule has 0 radical (unpaired) electrons. The number of carbonyl (C=O) groups is 1. The Labute approximate surface area is 154 Å². The lowest BCUT2D eigenvalue weighted by atomic mass is 9.96. The highest BCUT2D eigenvalue weighted by molar-refractivity contribution is 7.99. The fourth-order valence-corrected chi connectivity index (χ4v) is 3.61. The third-order valence-electron chi connectivity index (χ3n) is 4.14. The first-order chi connectivity index (χ1) is 11.4. The third-order valence-corrected chi connectivity index (χ3v) is 5.40. The van der Waals surface area contributed by atoms with Gasteiger partial charge in [-0.3, -0.25) is 4.79 Å². The molecule has 0 fully saturated rings. The summed E-state index contributed by atoms with van der Waals surface area (Å²) in [6, 6.07) is 12.1. The van der Waals surface area contributed by atoms with E-state index in [1.54, 1.807) is 11.8 Å². The minimum Gasteiger partial charge on any atom is -0.350 e. The van der Waals surface area contributed by atoms with Crippen LogP contribution in [0.1, 0.15) is 41.6 Å². The van der Waals surface area contributed by atoms with Gasteiger partial charge in [-0.15, -0.1) is 11.8 Å². The largest absolute Gasteiger partial charge is 0.350 e. The first kappa shape index (κ1) is 18.9. The van der Waals surface area contributed by atoms with Gasteiger partial charge < -0.3 is 5.32 Å². The molecule has 4 heteroatoms. The van der Waals surface area contributed by atoms with E-state index in [1.165, 1.54) is 22.3 Å². The summed E-state index contributed by atoms with van der Waals surface area (Å²) in [6.07, 6.45) is 0.502. The summed E-state index contributed by atoms with van der Waals surface area (Å²) in [5.74, 6) is 0.841. The molecule has 0 spiro atoms. The predicted molar refractivity (Wildman–Crippen MR) is 104 cm³/mol. The highest BCUT2D eigenvalue weighted by Crippen LogP contribution is 2.23. The lowest BCUT2D eigenvalue weighted by molar-refractivity contribution is -0.121. The summed E-state index contributed by atoms with van der Waals surface area (Å²) in [5.41, 5.74) is 4.96. The Bertz CT molecular complexity index is 712. The zero-order valence-electron chi connectivity index (χ0n) is 14.7. The van der Waals surface area contributed by atoms with Gasteiger partial charge in [0.2, 0.25) is 5.91 Å². The Balaban J connectivity index is 1.85. The van der Waals surface area contributed by atoms with E-state index in [0.29, 0.717) is 6.42 Å². The molecule has 2 nitrogen and oxygen atoms in total. The Morgan fingerprint density at radius 3 is 2.38 bits per heavy atom. The van der Waals surface area contributed by atoms with Crippen molar-refractivity contribution in [1.82, 2.24) is 5.32 Å². The van der Waals surface area contributed by atoms with Crippen molar-refractivity contribution in [1.29, 1.82) is 0 Å². The highest BCUT2D eigenvalue weighted by atomic mass is 35.5. The second-order valence-corrected chi connectivity index (χ2v) is 7.74. The summed E-state index contributed by atoms with van der Waals surface area (Å²) in [5, 5.41) is 3.84. The fraction of sp³-hybridized carbons (Fsp3) is 0.350. The fourth-order valence-electron chi connectivity index (χ4n) is 2.63. The molecule has 0 saturated heterocycles. The van der Waals surface area contributed by atoms with Gasteiger partial charge in [0.1, 0.15) is 0 Å². The van der Waals surface area contributed by atoms with Crippen molar-refractivity contribution in [3.63, 3.8) is 0 Å². The molecule has 24 heavy (non-hydrogen) atoms. The highest BCUT2D eigenvalue weighted by Gasteiger charge is 2.13. The summed E-state index contributed by atoms with van der Waals surface area (Å²) in [6.45, 7) is 8.36. The predicted octanol–water partition coefficient (Wildman–Crippen LogP) is 5.62. The standard InChI is InChI=1S/C20H24ClNOS/c1-13-11-15(3)19(12-14(13)2)16(4)22-20(23)9-10-24-18-7-5-17(21)6-8-18/h5-8,11-12,16H,9-10H2,1-4H3,(H,22,23)/t16-/m1/s1. The number of hydrogen-bond acceptors (Lipinski definition) is 2. The number of benzene rings is 2. The number of carbonyl (C=O) groups excluding carboxylic acids is 1. The van der Waals surface area contributed by atoms with E-state index in [4.69, 9.17) is 11.6 Å². The zero-order valence-corrected chi connectivity index (χ0v) is 16.2. The maximum absolute atomic E-state index is 12.2. The van der Waals surface area contributed by atoms with Crippen molar-refractivity contribution in [2.45, 2.75) is 45.1 Å². The molecule has 128 valence electrons. The van der Waals surface area contributed by atoms with Crippen LogP contribution in [-0.2, 0) is 4.79 Å². The van der Waals surface area contributed by atoms with Crippen LogP contribution < -0.4 is 5.32 Å². The average molecular weight is 362 g/mol. The monoisotopic (exact) mass is 361 g/mol. The SMILES string of the molecule is Cc1cc(C)c([C@@H](C)NC(=O)CCSc2ccc(Cl)cc2)cc1C. The first-order valence-electron chi connectivity index (χ1n) is 8.12. The van der Waals surface area contributed by atoms with E-state index in [9.17, 15) is 4.79 Å². The zero-order chi connectivity index (χ0) is 17.7. The number of amides is 1. The second kappa shape index (κ2) is 8.59. The molecule has 0 aliphatic heterocycles. The second-order valence-electron chi connectivity index (χ2n) is 6.13. The smallest absolute Gasteiger partial charge is 0.221 e. The maximum Gasteiger partial charge on any atom is 0.221 e. The molecule has 0 aliphatic carbocycles. The number of hydrogen-bond donors (Lipinski definition) is 1. The summed E-state index contributed by atoms with van der Waals surface area (Å²) < 4.78 is 0. The Morgan fingerprint density at radius 1 is 1.08 bits per heavy atom. The Kier molecular flexibility index (Phi) is 6.76. The van der Waals surface area contributed by atoms with Gasteiger partial charge in [0.15, 0.2) is 0 Å². The van der Waals surface area contributed by atoms with Crippen molar-refractivity contribution >= 4 is 29.3 Å². The topological polar surface area (TPSA) is 29.1 Å². The van der Waals surface area contributed by atoms with Gasteiger partial charge in [0.05, 0.1) is 6.04 Å². The van der Waals surface area contributed by atoms with Crippen molar-refractivity contribution in [2.24, 2.45) is 0 Å². The van der Waals surface area contributed by atoms with Gasteiger partial charge in [0.25, 0.3) is 0 Å². The van der Waals surface area contributed by atoms with Gasteiger partial charge in [-0.1, -0.05) is 23.7 Å². The van der Waals surface area contributed by atoms with Crippen LogP contribution in [0.25, 0.3) is 0 Å². The molecule has 1 atom stereocenters. The number of rotatable bonds is 6. The molecule has 0 heterocycles. The molecule has 1 N–H and O–H groups in total. The van der Waals surface area contributed by atoms with E-state index in [2.05, 4.69) is 38.2 Å². The van der Waals surface area contributed by atoms with Crippen LogP contribution >= 0.6 is 23.4 Å². The molecule has 0 aromatic heterocycles. The van der Waals surface area contributed by atoms with Crippen LogP contribution in [0.3, 0.4) is 0 Å². The molecule has 0 unspecified atom stereocenters. The van der Waals surface area contributed by atoms with Crippen LogP contribution in [0.5, 0.6) is 0 Å². The summed E-state index contributed by atoms with van der Waals surface area (Å²) in [7, 11) is 0. The quantitative estimate of drug-likeness (QED) is 0.676. The van der Waals surface area contributed by atoms with Gasteiger partial charge in [-0.05, 0) is 74.2 Å². The van der Waals surface area contributed by atoms with Crippen molar-refractivity contribution in [3.8, 4) is 0 Å². The van der Waals surface area contributed by atoms with Crippen LogP contribution in [0.4, 0.5) is 0 Å². The van der Waals surface area contributed by atoms with Crippen molar-refractivity contribution in [2.75, 3.05) is 5.75 Å². The van der Waals surface area contributed by atoms with Crippen molar-refractivity contribution < 1.29 is 4.79 Å². The summed E-state index contributed by atoms with van der Waals surface area (Å²) in [4.78, 5) is 13.3. The number of halogens is 1. The molecule has 2 aromatic rings. The van der Waals surface area contributed by atoms with Gasteiger partial charge in [-0.25, -0.2) is 0 Å². The van der Waals surface area contributed by atoms with E-state index in [-0.39, 0.29) is 11.9 Å². The molecular weight excluding hydrogens is 338 g/mol. The van der Waals surface area contributed by atoms with E-state index >= 15 is 0 Å². The minimum atomic E-state index is 0.0253. The Hall–Kier alpha value is -1.45. The van der Waals surface area contributed by atoms with E-state index < -0.39 is 0 Å². The molecular formula is C20H24ClNOS. The molecule has 1 amide bonds. The van der Waals surface area contributed by atoms with Crippen LogP contribution in [-0.4, -0.2) is 11.7 Å². The third kappa shape index (κ3) is 5.29. The van der Waals surface area contributed by atoms with Gasteiger partial charge >= 0.3 is 0 Å². The molecule has 2 aromatic carbocycles. The van der Waals surface area contributed by atoms with Crippen LogP contribution in [0.2, 0.25) is 5.02 Å². The normalized spacial score (nSPS) is 12.0. The van der Waals surface area contributed by atoms with Crippen LogP contribution in [0.15, 0.2) is 41.3 Å². The number of nitrogens with one attached hydrogen (secondary N) is 1. The average Bonchev–Trinajstić information content (AvgIpc) is 2.52. The summed E-state index contributed by atoms with van der Waals surface area (Å²) >= 11 is 7.54. The van der Waals surface area contributed by atoms with E-state index in [1.807, 2.05) is 31.2 Å². The van der Waals surface area contributed by atoms with E-state index in [0.717, 1.165) is 15.7 Å². The van der Waals surface area contributed by atoms with Gasteiger partial charge in [0, 0.05) is 22.1 Å². The van der Waals surface area contributed by atoms with Crippen LogP contribution in [0, 0.1) is 20.8 Å². The van der Waals surface area contributed by atoms with Gasteiger partial charge in [-0.2, -0.15) is 0 Å². The lowest BCUT2D eigenvalue weighted by Gasteiger charge is -2.18. The maximum atomic E-state index is 12.2. The number of aryl methyl sites for hydroxylation is 3. The molecule has 0 bridgehead atoms. The minimum absolute atomic E-state index is 0.0253. The Morgan fingerprint density at radius 2 is 1.71 bits per heavy atom. The lowest BCUT2D eigenvalue weighted by Crippen LogP contribution is -2.27. The van der Waals surface area contributed by atoms with Crippen molar-refractivity contribution in [3.05, 3.63) is 63.7 Å². The molecule has 0 aliphatic rings.